The molecule has 92 valence electrons. The second-order valence-electron chi connectivity index (χ2n) is 3.24. The lowest BCUT2D eigenvalue weighted by Crippen LogP contribution is -2.23. The summed E-state index contributed by atoms with van der Waals surface area (Å²) in [4.78, 5) is 21.6. The predicted molar refractivity (Wildman–Crippen MR) is 59.0 cm³/mol. The van der Waals surface area contributed by atoms with Crippen LogP contribution in [0.3, 0.4) is 0 Å². The highest BCUT2D eigenvalue weighted by atomic mass is 32.2. The smallest absolute Gasteiger partial charge is 0.337 e. The fraction of sp³-hybridized carbons (Fsp3) is 0.200. The summed E-state index contributed by atoms with van der Waals surface area (Å²) in [6, 6.07) is 5.06. The monoisotopic (exact) mass is 257 g/mol. The summed E-state index contributed by atoms with van der Waals surface area (Å²) in [6.07, 6.45) is 0. The molecule has 0 aromatic heterocycles. The second-order valence-corrected chi connectivity index (χ2v) is 5.23. The van der Waals surface area contributed by atoms with Gasteiger partial charge in [-0.05, 0) is 24.3 Å². The van der Waals surface area contributed by atoms with Crippen molar-refractivity contribution in [3.8, 4) is 0 Å². The number of amides is 1. The average molecular weight is 257 g/mol. The maximum absolute atomic E-state index is 11.6. The van der Waals surface area contributed by atoms with Gasteiger partial charge in [0.25, 0.3) is 0 Å². The number of hydrogen-bond donors (Lipinski definition) is 1. The Morgan fingerprint density at radius 1 is 1.24 bits per heavy atom. The minimum atomic E-state index is -3.74. The van der Waals surface area contributed by atoms with Gasteiger partial charge in [0.15, 0.2) is 9.84 Å². The molecule has 0 saturated heterocycles. The molecule has 7 heteroatoms. The molecular formula is C10H11NO5S. The number of nitrogens with two attached hydrogens (primary N) is 1. The van der Waals surface area contributed by atoms with Crippen LogP contribution in [0.25, 0.3) is 0 Å². The number of benzene rings is 1. The normalized spacial score (nSPS) is 10.9. The molecule has 0 fully saturated rings. The highest BCUT2D eigenvalue weighted by molar-refractivity contribution is 7.92. The summed E-state index contributed by atoms with van der Waals surface area (Å²) in [7, 11) is -2.51. The Balaban J connectivity index is 3.03. The van der Waals surface area contributed by atoms with Crippen molar-refractivity contribution in [2.24, 2.45) is 5.73 Å². The van der Waals surface area contributed by atoms with Gasteiger partial charge in [0, 0.05) is 0 Å². The lowest BCUT2D eigenvalue weighted by Gasteiger charge is -2.03. The molecule has 0 aliphatic carbocycles. The zero-order chi connectivity index (χ0) is 13.1. The Labute approximate surface area is 98.3 Å². The highest BCUT2D eigenvalue weighted by Crippen LogP contribution is 2.12. The Hall–Kier alpha value is -1.89. The molecule has 0 bridgehead atoms. The summed E-state index contributed by atoms with van der Waals surface area (Å²) < 4.78 is 27.6. The van der Waals surface area contributed by atoms with E-state index in [9.17, 15) is 18.0 Å². The summed E-state index contributed by atoms with van der Waals surface area (Å²) in [6.45, 7) is 0. The lowest BCUT2D eigenvalue weighted by atomic mass is 10.2. The Morgan fingerprint density at radius 2 is 1.76 bits per heavy atom. The SMILES string of the molecule is COC(=O)c1ccc(S(=O)(=O)CC(N)=O)cc1. The number of hydrogen-bond acceptors (Lipinski definition) is 5. The molecule has 0 saturated carbocycles. The van der Waals surface area contributed by atoms with E-state index < -0.39 is 27.5 Å². The van der Waals surface area contributed by atoms with Gasteiger partial charge in [0.2, 0.25) is 5.91 Å². The van der Waals surface area contributed by atoms with Crippen LogP contribution in [0, 0.1) is 0 Å². The van der Waals surface area contributed by atoms with Gasteiger partial charge in [0.05, 0.1) is 17.6 Å². The van der Waals surface area contributed by atoms with E-state index in [2.05, 4.69) is 4.74 Å². The maximum Gasteiger partial charge on any atom is 0.337 e. The molecule has 1 aromatic carbocycles. The van der Waals surface area contributed by atoms with Crippen molar-refractivity contribution in [2.75, 3.05) is 12.9 Å². The molecular weight excluding hydrogens is 246 g/mol. The summed E-state index contributed by atoms with van der Waals surface area (Å²) in [5, 5.41) is 0. The quantitative estimate of drug-likeness (QED) is 0.748. The van der Waals surface area contributed by atoms with Crippen molar-refractivity contribution in [1.29, 1.82) is 0 Å². The molecule has 0 unspecified atom stereocenters. The first-order valence-corrected chi connectivity index (χ1v) is 6.21. The number of rotatable bonds is 4. The standard InChI is InChI=1S/C10H11NO5S/c1-16-10(13)7-2-4-8(5-3-7)17(14,15)6-9(11)12/h2-5H,6H2,1H3,(H2,11,12). The van der Waals surface area contributed by atoms with Crippen LogP contribution in [0.15, 0.2) is 29.2 Å². The second kappa shape index (κ2) is 4.96. The molecule has 0 aliphatic rings. The number of esters is 1. The molecule has 0 heterocycles. The minimum absolute atomic E-state index is 0.0658. The maximum atomic E-state index is 11.6. The fourth-order valence-corrected chi connectivity index (χ4v) is 2.28. The van der Waals surface area contributed by atoms with E-state index in [-0.39, 0.29) is 10.5 Å². The van der Waals surface area contributed by atoms with E-state index in [0.29, 0.717) is 0 Å². The van der Waals surface area contributed by atoms with Crippen LogP contribution in [0.1, 0.15) is 10.4 Å². The third-order valence-electron chi connectivity index (χ3n) is 1.97. The minimum Gasteiger partial charge on any atom is -0.465 e. The number of carbonyl (C=O) groups excluding carboxylic acids is 2. The van der Waals surface area contributed by atoms with Crippen LogP contribution >= 0.6 is 0 Å². The van der Waals surface area contributed by atoms with Crippen LogP contribution in [0.5, 0.6) is 0 Å². The first-order valence-electron chi connectivity index (χ1n) is 4.56. The molecule has 17 heavy (non-hydrogen) atoms. The third kappa shape index (κ3) is 3.28. The Kier molecular flexibility index (Phi) is 3.84. The van der Waals surface area contributed by atoms with Gasteiger partial charge >= 0.3 is 5.97 Å². The summed E-state index contributed by atoms with van der Waals surface area (Å²) in [5.41, 5.74) is 5.05. The largest absolute Gasteiger partial charge is 0.465 e. The summed E-state index contributed by atoms with van der Waals surface area (Å²) >= 11 is 0. The lowest BCUT2D eigenvalue weighted by molar-refractivity contribution is -0.115. The number of ether oxygens (including phenoxy) is 1. The van der Waals surface area contributed by atoms with E-state index in [1.165, 1.54) is 31.4 Å². The van der Waals surface area contributed by atoms with Crippen molar-refractivity contribution in [3.63, 3.8) is 0 Å². The zero-order valence-electron chi connectivity index (χ0n) is 9.04. The first kappa shape index (κ1) is 13.2. The van der Waals surface area contributed by atoms with Gasteiger partial charge < -0.3 is 10.5 Å². The van der Waals surface area contributed by atoms with E-state index in [1.807, 2.05) is 0 Å². The summed E-state index contributed by atoms with van der Waals surface area (Å²) in [5.74, 6) is -2.25. The van der Waals surface area contributed by atoms with Crippen molar-refractivity contribution in [3.05, 3.63) is 29.8 Å². The fourth-order valence-electron chi connectivity index (χ4n) is 1.19. The highest BCUT2D eigenvalue weighted by Gasteiger charge is 2.18. The van der Waals surface area contributed by atoms with E-state index in [4.69, 9.17) is 5.73 Å². The van der Waals surface area contributed by atoms with Gasteiger partial charge in [-0.25, -0.2) is 13.2 Å². The van der Waals surface area contributed by atoms with Crippen LogP contribution in [0.2, 0.25) is 0 Å². The van der Waals surface area contributed by atoms with Crippen LogP contribution < -0.4 is 5.73 Å². The molecule has 0 atom stereocenters. The van der Waals surface area contributed by atoms with Crippen LogP contribution in [-0.4, -0.2) is 33.2 Å². The average Bonchev–Trinajstić information content (AvgIpc) is 2.26. The first-order chi connectivity index (χ1) is 7.86. The Morgan fingerprint density at radius 3 is 2.18 bits per heavy atom. The molecule has 0 aliphatic heterocycles. The molecule has 6 nitrogen and oxygen atoms in total. The van der Waals surface area contributed by atoms with Gasteiger partial charge in [-0.1, -0.05) is 0 Å². The van der Waals surface area contributed by atoms with Crippen LogP contribution in [-0.2, 0) is 19.4 Å². The predicted octanol–water partition coefficient (Wildman–Crippen LogP) is -0.268. The molecule has 1 aromatic rings. The topological polar surface area (TPSA) is 104 Å². The third-order valence-corrected chi connectivity index (χ3v) is 3.62. The van der Waals surface area contributed by atoms with Crippen LogP contribution in [0.4, 0.5) is 0 Å². The molecule has 0 spiro atoms. The van der Waals surface area contributed by atoms with E-state index in [1.54, 1.807) is 0 Å². The molecule has 0 radical (unpaired) electrons. The van der Waals surface area contributed by atoms with Crippen molar-refractivity contribution in [2.45, 2.75) is 4.90 Å². The number of sulfone groups is 1. The Bertz CT molecular complexity index is 532. The van der Waals surface area contributed by atoms with Crippen molar-refractivity contribution < 1.29 is 22.7 Å². The van der Waals surface area contributed by atoms with Gasteiger partial charge in [-0.2, -0.15) is 0 Å². The van der Waals surface area contributed by atoms with Crippen molar-refractivity contribution >= 4 is 21.7 Å². The molecule has 1 rings (SSSR count). The number of carbonyl (C=O) groups is 2. The van der Waals surface area contributed by atoms with Gasteiger partial charge in [0.1, 0.15) is 5.75 Å². The van der Waals surface area contributed by atoms with E-state index >= 15 is 0 Å². The zero-order valence-corrected chi connectivity index (χ0v) is 9.86. The van der Waals surface area contributed by atoms with Gasteiger partial charge in [-0.3, -0.25) is 4.79 Å². The van der Waals surface area contributed by atoms with Gasteiger partial charge in [-0.15, -0.1) is 0 Å². The molecule has 1 amide bonds. The number of primary amides is 1. The van der Waals surface area contributed by atoms with Crippen molar-refractivity contribution in [1.82, 2.24) is 0 Å². The number of methoxy groups -OCH3 is 1. The van der Waals surface area contributed by atoms with E-state index in [0.717, 1.165) is 0 Å². The molecule has 2 N–H and O–H groups in total.